The molecule has 4 unspecified atom stereocenters. The molecule has 0 heterocycles. The maximum absolute atomic E-state index is 10.2. The highest BCUT2D eigenvalue weighted by atomic mass is 16.3. The first kappa shape index (κ1) is 9.44. The quantitative estimate of drug-likeness (QED) is 0.543. The summed E-state index contributed by atoms with van der Waals surface area (Å²) in [6, 6.07) is 0. The molecule has 0 aromatic rings. The minimum atomic E-state index is -1.03. The average Bonchev–Trinajstić information content (AvgIpc) is 2.08. The van der Waals surface area contributed by atoms with Crippen LogP contribution in [-0.4, -0.2) is 28.5 Å². The highest BCUT2D eigenvalue weighted by Gasteiger charge is 2.63. The summed E-state index contributed by atoms with van der Waals surface area (Å²) in [6.45, 7) is 4.51. The van der Waals surface area contributed by atoms with Crippen molar-refractivity contribution in [2.75, 3.05) is 6.54 Å². The highest BCUT2D eigenvalue weighted by Crippen LogP contribution is 2.62. The van der Waals surface area contributed by atoms with Gasteiger partial charge in [0, 0.05) is 6.54 Å². The third kappa shape index (κ3) is 0.953. The molecule has 3 heteroatoms. The van der Waals surface area contributed by atoms with Gasteiger partial charge in [-0.25, -0.2) is 0 Å². The van der Waals surface area contributed by atoms with Crippen molar-refractivity contribution in [3.8, 4) is 0 Å². The molecule has 2 bridgehead atoms. The lowest BCUT2D eigenvalue weighted by Crippen LogP contribution is -2.70. The van der Waals surface area contributed by atoms with Crippen molar-refractivity contribution in [2.45, 2.75) is 38.4 Å². The molecule has 3 saturated carbocycles. The Kier molecular flexibility index (Phi) is 1.79. The fourth-order valence-corrected chi connectivity index (χ4v) is 3.25. The lowest BCUT2D eigenvalue weighted by molar-refractivity contribution is -0.248. The largest absolute Gasteiger partial charge is 0.390 e. The van der Waals surface area contributed by atoms with Gasteiger partial charge >= 0.3 is 0 Å². The van der Waals surface area contributed by atoms with E-state index in [-0.39, 0.29) is 17.9 Å². The Bertz CT molecular complexity index is 229. The molecule has 4 atom stereocenters. The fraction of sp³-hybridized carbons (Fsp3) is 1.00. The first-order valence-corrected chi connectivity index (χ1v) is 5.03. The normalized spacial score (nSPS) is 52.8. The maximum atomic E-state index is 10.2. The molecule has 0 spiro atoms. The predicted molar refractivity (Wildman–Crippen MR) is 50.0 cm³/mol. The number of hydrogen-bond acceptors (Lipinski definition) is 3. The van der Waals surface area contributed by atoms with Gasteiger partial charge in [0.05, 0.1) is 6.10 Å². The van der Waals surface area contributed by atoms with Gasteiger partial charge in [-0.3, -0.25) is 0 Å². The standard InChI is InChI=1S/C10H19NO2/c1-9(2)6-3-7(9)10(13,5-11)8(12)4-6/h6-8,12-13H,3-5,11H2,1-2H3. The molecule has 3 aliphatic carbocycles. The Morgan fingerprint density at radius 1 is 1.38 bits per heavy atom. The van der Waals surface area contributed by atoms with Crippen molar-refractivity contribution < 1.29 is 10.2 Å². The minimum Gasteiger partial charge on any atom is -0.390 e. The first-order chi connectivity index (χ1) is 5.93. The number of hydrogen-bond donors (Lipinski definition) is 3. The van der Waals surface area contributed by atoms with Crippen LogP contribution in [0.5, 0.6) is 0 Å². The molecule has 3 rings (SSSR count). The van der Waals surface area contributed by atoms with E-state index in [9.17, 15) is 10.2 Å². The van der Waals surface area contributed by atoms with E-state index < -0.39 is 11.7 Å². The molecule has 0 aromatic heterocycles. The summed E-state index contributed by atoms with van der Waals surface area (Å²) in [5.41, 5.74) is 4.68. The van der Waals surface area contributed by atoms with Crippen LogP contribution in [-0.2, 0) is 0 Å². The molecule has 0 radical (unpaired) electrons. The van der Waals surface area contributed by atoms with Gasteiger partial charge in [0.15, 0.2) is 0 Å². The van der Waals surface area contributed by atoms with Crippen molar-refractivity contribution in [3.63, 3.8) is 0 Å². The molecular formula is C10H19NO2. The Hall–Kier alpha value is -0.120. The molecule has 0 amide bonds. The van der Waals surface area contributed by atoms with Gasteiger partial charge in [-0.15, -0.1) is 0 Å². The molecule has 0 aliphatic heterocycles. The summed E-state index contributed by atoms with van der Waals surface area (Å²) in [6.07, 6.45) is 1.11. The molecule has 3 fully saturated rings. The third-order valence-corrected chi connectivity index (χ3v) is 4.49. The first-order valence-electron chi connectivity index (χ1n) is 5.03. The summed E-state index contributed by atoms with van der Waals surface area (Å²) in [4.78, 5) is 0. The summed E-state index contributed by atoms with van der Waals surface area (Å²) >= 11 is 0. The molecule has 76 valence electrons. The second-order valence-corrected chi connectivity index (χ2v) is 5.25. The van der Waals surface area contributed by atoms with Gasteiger partial charge in [-0.1, -0.05) is 13.8 Å². The van der Waals surface area contributed by atoms with Crippen LogP contribution in [0, 0.1) is 17.3 Å². The van der Waals surface area contributed by atoms with Gasteiger partial charge in [-0.2, -0.15) is 0 Å². The summed E-state index contributed by atoms with van der Waals surface area (Å²) in [7, 11) is 0. The molecular weight excluding hydrogens is 166 g/mol. The van der Waals surface area contributed by atoms with E-state index in [1.807, 2.05) is 0 Å². The van der Waals surface area contributed by atoms with Crippen LogP contribution in [0.3, 0.4) is 0 Å². The second kappa shape index (κ2) is 2.47. The Balaban J connectivity index is 2.27. The van der Waals surface area contributed by atoms with E-state index in [1.54, 1.807) is 0 Å². The van der Waals surface area contributed by atoms with Crippen molar-refractivity contribution in [3.05, 3.63) is 0 Å². The topological polar surface area (TPSA) is 66.5 Å². The van der Waals surface area contributed by atoms with Crippen LogP contribution in [0.4, 0.5) is 0 Å². The Morgan fingerprint density at radius 3 is 2.38 bits per heavy atom. The van der Waals surface area contributed by atoms with Crippen LogP contribution in [0.15, 0.2) is 0 Å². The number of nitrogens with two attached hydrogens (primary N) is 1. The van der Waals surface area contributed by atoms with Gasteiger partial charge in [-0.05, 0) is 30.1 Å². The van der Waals surface area contributed by atoms with Gasteiger partial charge in [0.25, 0.3) is 0 Å². The number of aliphatic hydroxyl groups excluding tert-OH is 1. The van der Waals surface area contributed by atoms with E-state index in [2.05, 4.69) is 13.8 Å². The number of rotatable bonds is 1. The van der Waals surface area contributed by atoms with Crippen LogP contribution < -0.4 is 5.73 Å². The molecule has 3 aliphatic rings. The molecule has 4 N–H and O–H groups in total. The Morgan fingerprint density at radius 2 is 2.00 bits per heavy atom. The van der Waals surface area contributed by atoms with Crippen LogP contribution >= 0.6 is 0 Å². The monoisotopic (exact) mass is 185 g/mol. The van der Waals surface area contributed by atoms with E-state index >= 15 is 0 Å². The van der Waals surface area contributed by atoms with Gasteiger partial charge in [0.1, 0.15) is 5.60 Å². The molecule has 3 nitrogen and oxygen atoms in total. The summed E-state index contributed by atoms with van der Waals surface area (Å²) in [5, 5.41) is 19.9. The highest BCUT2D eigenvalue weighted by molar-refractivity contribution is 5.14. The lowest BCUT2D eigenvalue weighted by atomic mass is 9.43. The SMILES string of the molecule is CC1(C)C2CC(O)C(O)(CN)C1C2. The van der Waals surface area contributed by atoms with Crippen LogP contribution in [0.2, 0.25) is 0 Å². The Labute approximate surface area is 78.9 Å². The van der Waals surface area contributed by atoms with E-state index in [4.69, 9.17) is 5.73 Å². The van der Waals surface area contributed by atoms with Gasteiger partial charge < -0.3 is 15.9 Å². The number of aliphatic hydroxyl groups is 2. The third-order valence-electron chi connectivity index (χ3n) is 4.49. The zero-order valence-electron chi connectivity index (χ0n) is 8.33. The zero-order valence-corrected chi connectivity index (χ0v) is 8.33. The van der Waals surface area contributed by atoms with E-state index in [1.165, 1.54) is 0 Å². The van der Waals surface area contributed by atoms with E-state index in [0.717, 1.165) is 6.42 Å². The number of fused-ring (bicyclic) bond motifs is 2. The zero-order chi connectivity index (χ0) is 9.85. The van der Waals surface area contributed by atoms with Crippen LogP contribution in [0.25, 0.3) is 0 Å². The molecule has 0 saturated heterocycles. The summed E-state index contributed by atoms with van der Waals surface area (Å²) in [5.74, 6) is 0.748. The van der Waals surface area contributed by atoms with Crippen molar-refractivity contribution in [1.29, 1.82) is 0 Å². The van der Waals surface area contributed by atoms with Crippen molar-refractivity contribution >= 4 is 0 Å². The summed E-state index contributed by atoms with van der Waals surface area (Å²) < 4.78 is 0. The molecule has 13 heavy (non-hydrogen) atoms. The van der Waals surface area contributed by atoms with Crippen molar-refractivity contribution in [1.82, 2.24) is 0 Å². The predicted octanol–water partition coefficient (Wildman–Crippen LogP) is 0.103. The minimum absolute atomic E-state index is 0.160. The van der Waals surface area contributed by atoms with Crippen molar-refractivity contribution in [2.24, 2.45) is 23.0 Å². The maximum Gasteiger partial charge on any atom is 0.106 e. The lowest BCUT2D eigenvalue weighted by Gasteiger charge is -2.64. The van der Waals surface area contributed by atoms with Gasteiger partial charge in [0.2, 0.25) is 0 Å². The molecule has 0 aromatic carbocycles. The fourth-order valence-electron chi connectivity index (χ4n) is 3.25. The second-order valence-electron chi connectivity index (χ2n) is 5.25. The van der Waals surface area contributed by atoms with E-state index in [0.29, 0.717) is 12.3 Å². The smallest absolute Gasteiger partial charge is 0.106 e. The average molecular weight is 185 g/mol. The van der Waals surface area contributed by atoms with Crippen LogP contribution in [0.1, 0.15) is 26.7 Å².